The van der Waals surface area contributed by atoms with E-state index in [1.165, 1.54) is 5.69 Å². The predicted molar refractivity (Wildman–Crippen MR) is 102 cm³/mol. The van der Waals surface area contributed by atoms with Crippen LogP contribution < -0.4 is 4.48 Å². The lowest BCUT2D eigenvalue weighted by Crippen LogP contribution is -2.34. The van der Waals surface area contributed by atoms with Crippen LogP contribution in [0.15, 0.2) is 29.2 Å². The molecule has 104 valence electrons. The van der Waals surface area contributed by atoms with Gasteiger partial charge in [-0.3, -0.25) is 4.48 Å². The van der Waals surface area contributed by atoms with Crippen molar-refractivity contribution in [3.63, 3.8) is 0 Å². The Kier molecular flexibility index (Phi) is 10.7. The average Bonchev–Trinajstić information content (AvgIpc) is 2.17. The normalized spacial score (nSPS) is 9.67. The van der Waals surface area contributed by atoms with Crippen LogP contribution in [0.3, 0.4) is 0 Å². The van der Waals surface area contributed by atoms with Crippen LogP contribution in [0.4, 0.5) is 5.69 Å². The van der Waals surface area contributed by atoms with Crippen molar-refractivity contribution in [1.29, 1.82) is 0 Å². The molecule has 0 aliphatic rings. The molecule has 0 spiro atoms. The molecule has 0 amide bonds. The number of rotatable bonds is 1. The molecule has 0 aliphatic carbocycles. The number of hydrogen-bond acceptors (Lipinski definition) is 3. The number of nitrogens with zero attached hydrogens (tertiary/aromatic N) is 2. The van der Waals surface area contributed by atoms with Crippen molar-refractivity contribution in [3.05, 3.63) is 24.3 Å². The van der Waals surface area contributed by atoms with Gasteiger partial charge in [0.2, 0.25) is 0 Å². The summed E-state index contributed by atoms with van der Waals surface area (Å²) in [5.74, 6) is 0. The van der Waals surface area contributed by atoms with Gasteiger partial charge in [0.15, 0.2) is 0 Å². The molecule has 0 aliphatic heterocycles. The van der Waals surface area contributed by atoms with Crippen LogP contribution in [0.5, 0.6) is 0 Å². The number of benzene rings is 1. The van der Waals surface area contributed by atoms with E-state index in [0.717, 1.165) is 9.38 Å². The van der Waals surface area contributed by atoms with Gasteiger partial charge in [0.25, 0.3) is 0 Å². The Morgan fingerprint density at radius 3 is 1.72 bits per heavy atom. The fourth-order valence-electron chi connectivity index (χ4n) is 0.900. The molecule has 18 heavy (non-hydrogen) atoms. The average molecular weight is 416 g/mol. The van der Waals surface area contributed by atoms with Crippen molar-refractivity contribution in [2.45, 2.75) is 4.90 Å². The van der Waals surface area contributed by atoms with Gasteiger partial charge in [0.05, 0.1) is 21.1 Å². The highest BCUT2D eigenvalue weighted by atomic mass is 127. The van der Waals surface area contributed by atoms with Gasteiger partial charge in [0, 0.05) is 31.1 Å². The summed E-state index contributed by atoms with van der Waals surface area (Å²) in [5.41, 5.74) is 1.29. The van der Waals surface area contributed by atoms with Gasteiger partial charge >= 0.3 is 0 Å². The van der Waals surface area contributed by atoms with E-state index in [1.807, 2.05) is 26.2 Å². The minimum absolute atomic E-state index is 0. The van der Waals surface area contributed by atoms with Crippen molar-refractivity contribution in [1.82, 2.24) is 9.38 Å². The van der Waals surface area contributed by atoms with Crippen LogP contribution in [0.2, 0.25) is 0 Å². The maximum Gasteiger partial charge on any atom is 0.132 e. The van der Waals surface area contributed by atoms with E-state index in [0.29, 0.717) is 4.32 Å². The Morgan fingerprint density at radius 1 is 1.17 bits per heavy atom. The van der Waals surface area contributed by atoms with Crippen molar-refractivity contribution in [2.75, 3.05) is 35.2 Å². The SMILES string of the molecule is CN(C)C(=S)[S-].C[N+](C)(C)c1ccc(S)cc1.I. The van der Waals surface area contributed by atoms with E-state index < -0.39 is 0 Å². The largest absolute Gasteiger partial charge is 0.411 e. The van der Waals surface area contributed by atoms with Crippen molar-refractivity contribution in [3.8, 4) is 0 Å². The van der Waals surface area contributed by atoms with Crippen LogP contribution in [-0.2, 0) is 12.6 Å². The molecule has 0 N–H and O–H groups in total. The Labute approximate surface area is 144 Å². The third-order valence-electron chi connectivity index (χ3n) is 1.99. The molecule has 0 aromatic heterocycles. The van der Waals surface area contributed by atoms with Crippen LogP contribution in [0.25, 0.3) is 0 Å². The smallest absolute Gasteiger partial charge is 0.132 e. The number of halogens is 1. The van der Waals surface area contributed by atoms with Crippen molar-refractivity contribution in [2.24, 2.45) is 0 Å². The molecular weight excluding hydrogens is 395 g/mol. The van der Waals surface area contributed by atoms with Gasteiger partial charge in [0.1, 0.15) is 5.69 Å². The molecule has 0 bridgehead atoms. The summed E-state index contributed by atoms with van der Waals surface area (Å²) in [7, 11) is 10.1. The molecule has 1 aromatic rings. The van der Waals surface area contributed by atoms with Gasteiger partial charge in [-0.2, -0.15) is 0 Å². The molecule has 0 unspecified atom stereocenters. The summed E-state index contributed by atoms with van der Waals surface area (Å²) in [6.45, 7) is 0. The van der Waals surface area contributed by atoms with Gasteiger partial charge in [-0.25, -0.2) is 0 Å². The van der Waals surface area contributed by atoms with Crippen molar-refractivity contribution < 1.29 is 0 Å². The summed E-state index contributed by atoms with van der Waals surface area (Å²) in [4.78, 5) is 2.73. The molecule has 6 heteroatoms. The van der Waals surface area contributed by atoms with Gasteiger partial charge < -0.3 is 29.7 Å². The number of quaternary nitrogens is 1. The Balaban J connectivity index is 0. The third kappa shape index (κ3) is 9.32. The van der Waals surface area contributed by atoms with E-state index in [1.54, 1.807) is 4.90 Å². The molecule has 0 radical (unpaired) electrons. The van der Waals surface area contributed by atoms with Crippen molar-refractivity contribution >= 4 is 71.5 Å². The first-order valence-electron chi connectivity index (χ1n) is 5.14. The molecular formula is C12H21IN2S3. The van der Waals surface area contributed by atoms with E-state index in [2.05, 4.69) is 70.8 Å². The van der Waals surface area contributed by atoms with E-state index >= 15 is 0 Å². The Hall–Kier alpha value is 0.370. The highest BCUT2D eigenvalue weighted by molar-refractivity contribution is 14.0. The molecule has 0 saturated carbocycles. The lowest BCUT2D eigenvalue weighted by Gasteiger charge is -2.23. The highest BCUT2D eigenvalue weighted by Crippen LogP contribution is 2.18. The van der Waals surface area contributed by atoms with Crippen LogP contribution >= 0.6 is 48.8 Å². The topological polar surface area (TPSA) is 3.24 Å². The monoisotopic (exact) mass is 416 g/mol. The lowest BCUT2D eigenvalue weighted by atomic mass is 10.3. The molecule has 1 rings (SSSR count). The highest BCUT2D eigenvalue weighted by Gasteiger charge is 2.09. The second kappa shape index (κ2) is 9.30. The zero-order chi connectivity index (χ0) is 13.6. The number of thiocarbonyl (C=S) groups is 1. The van der Waals surface area contributed by atoms with Gasteiger partial charge in [-0.15, -0.1) is 36.6 Å². The standard InChI is InChI=1S/C9H13NS.C3H7NS2.HI/c1-10(2,3)8-4-6-9(11)7-5-8;1-4(2)3(5)6;/h4-7H,1-3H3;1-2H3,(H,5,6);1H. The summed E-state index contributed by atoms with van der Waals surface area (Å²) in [6, 6.07) is 8.23. The molecule has 0 fully saturated rings. The maximum atomic E-state index is 4.56. The first-order chi connectivity index (χ1) is 7.64. The van der Waals surface area contributed by atoms with Crippen LogP contribution in [0, 0.1) is 0 Å². The third-order valence-corrected chi connectivity index (χ3v) is 3.02. The second-order valence-electron chi connectivity index (χ2n) is 4.69. The Morgan fingerprint density at radius 2 is 1.50 bits per heavy atom. The summed E-state index contributed by atoms with van der Waals surface area (Å²) in [5, 5.41) is 0. The second-order valence-corrected chi connectivity index (χ2v) is 6.24. The van der Waals surface area contributed by atoms with E-state index in [9.17, 15) is 0 Å². The fraction of sp³-hybridized carbons (Fsp3) is 0.417. The quantitative estimate of drug-likeness (QED) is 0.247. The molecule has 1 aromatic carbocycles. The molecule has 0 saturated heterocycles. The van der Waals surface area contributed by atoms with E-state index in [-0.39, 0.29) is 24.0 Å². The zero-order valence-electron chi connectivity index (χ0n) is 11.4. The van der Waals surface area contributed by atoms with Crippen LogP contribution in [0.1, 0.15) is 0 Å². The molecule has 0 atom stereocenters. The molecule has 0 heterocycles. The van der Waals surface area contributed by atoms with Gasteiger partial charge in [-0.1, -0.05) is 4.32 Å². The predicted octanol–water partition coefficient (Wildman–Crippen LogP) is 3.17. The fourth-order valence-corrected chi connectivity index (χ4v) is 1.05. The minimum atomic E-state index is 0. The first-order valence-corrected chi connectivity index (χ1v) is 6.40. The van der Waals surface area contributed by atoms with E-state index in [4.69, 9.17) is 0 Å². The first kappa shape index (κ1) is 20.7. The van der Waals surface area contributed by atoms with Gasteiger partial charge in [-0.05, 0) is 12.1 Å². The number of hydrogen-bond donors (Lipinski definition) is 1. The minimum Gasteiger partial charge on any atom is -0.411 e. The molecule has 2 nitrogen and oxygen atoms in total. The summed E-state index contributed by atoms with van der Waals surface area (Å²) in [6.07, 6.45) is 0. The number of thiol groups is 1. The summed E-state index contributed by atoms with van der Waals surface area (Å²) >= 11 is 13.3. The summed E-state index contributed by atoms with van der Waals surface area (Å²) < 4.78 is 1.36. The van der Waals surface area contributed by atoms with Crippen LogP contribution in [-0.4, -0.2) is 44.5 Å². The maximum absolute atomic E-state index is 4.56. The zero-order valence-corrected chi connectivity index (χ0v) is 16.2. The Bertz CT molecular complexity index is 359. The lowest BCUT2D eigenvalue weighted by molar-refractivity contribution is 0.486.